The lowest BCUT2D eigenvalue weighted by Crippen LogP contribution is -2.17. The lowest BCUT2D eigenvalue weighted by Gasteiger charge is -2.04. The third kappa shape index (κ3) is 2.80. The van der Waals surface area contributed by atoms with Gasteiger partial charge in [-0.25, -0.2) is 0 Å². The molecule has 0 saturated heterocycles. The van der Waals surface area contributed by atoms with Gasteiger partial charge in [0.1, 0.15) is 0 Å². The van der Waals surface area contributed by atoms with Crippen molar-refractivity contribution in [2.45, 2.75) is 13.3 Å². The fraction of sp³-hybridized carbons (Fsp3) is 0.214. The normalized spacial score (nSPS) is 10.1. The Morgan fingerprint density at radius 3 is 2.89 bits per heavy atom. The van der Waals surface area contributed by atoms with Gasteiger partial charge in [0.2, 0.25) is 0 Å². The van der Waals surface area contributed by atoms with Crippen LogP contribution >= 0.6 is 0 Å². The van der Waals surface area contributed by atoms with Crippen molar-refractivity contribution in [3.63, 3.8) is 0 Å². The molecule has 0 spiro atoms. The Kier molecular flexibility index (Phi) is 3.62. The topological polar surface area (TPSA) is 82.9 Å². The average Bonchev–Trinajstić information content (AvgIpc) is 2.39. The Labute approximate surface area is 109 Å². The molecule has 0 atom stereocenters. The number of H-pyrrole nitrogens is 1. The lowest BCUT2D eigenvalue weighted by atomic mass is 10.1. The maximum absolute atomic E-state index is 11.8. The van der Waals surface area contributed by atoms with Crippen LogP contribution in [0.15, 0.2) is 29.1 Å². The highest BCUT2D eigenvalue weighted by atomic mass is 16.5. The highest BCUT2D eigenvalue weighted by molar-refractivity contribution is 5.82. The number of pyridine rings is 1. The first-order valence-electron chi connectivity index (χ1n) is 5.85. The van der Waals surface area contributed by atoms with Gasteiger partial charge in [-0.3, -0.25) is 9.59 Å². The smallest absolute Gasteiger partial charge is 0.310 e. The van der Waals surface area contributed by atoms with Gasteiger partial charge in [0.15, 0.2) is 0 Å². The number of hydrogen-bond acceptors (Lipinski definition) is 4. The summed E-state index contributed by atoms with van der Waals surface area (Å²) in [6.07, 6.45) is -0.0735. The molecule has 2 rings (SSSR count). The van der Waals surface area contributed by atoms with Crippen molar-refractivity contribution in [3.8, 4) is 6.07 Å². The number of carbonyl (C=O) groups is 1. The summed E-state index contributed by atoms with van der Waals surface area (Å²) in [5, 5.41) is 9.56. The van der Waals surface area contributed by atoms with E-state index in [9.17, 15) is 9.59 Å². The first-order chi connectivity index (χ1) is 9.13. The molecule has 0 radical (unpaired) electrons. The van der Waals surface area contributed by atoms with E-state index in [2.05, 4.69) is 4.98 Å². The van der Waals surface area contributed by atoms with E-state index >= 15 is 0 Å². The fourth-order valence-corrected chi connectivity index (χ4v) is 1.82. The third-order valence-electron chi connectivity index (χ3n) is 2.69. The van der Waals surface area contributed by atoms with E-state index in [1.54, 1.807) is 31.2 Å². The van der Waals surface area contributed by atoms with Crippen molar-refractivity contribution in [1.29, 1.82) is 5.26 Å². The molecule has 1 aromatic heterocycles. The molecule has 1 heterocycles. The van der Waals surface area contributed by atoms with Gasteiger partial charge in [0.05, 0.1) is 24.7 Å². The molecule has 2 aromatic rings. The number of aromatic amines is 1. The maximum atomic E-state index is 11.8. The van der Waals surface area contributed by atoms with Gasteiger partial charge in [-0.05, 0) is 36.6 Å². The van der Waals surface area contributed by atoms with E-state index in [0.717, 1.165) is 5.39 Å². The second-order valence-electron chi connectivity index (χ2n) is 4.02. The van der Waals surface area contributed by atoms with Crippen LogP contribution in [0.3, 0.4) is 0 Å². The standard InChI is InChI=1S/C14H12N2O3/c1-2-19-13(17)7-11-6-10-5-9(8-15)3-4-12(10)16-14(11)18/h3-6H,2,7H2,1H3,(H,16,18). The largest absolute Gasteiger partial charge is 0.466 e. The molecule has 0 saturated carbocycles. The number of benzene rings is 1. The van der Waals surface area contributed by atoms with Gasteiger partial charge in [-0.1, -0.05) is 0 Å². The molecule has 5 heteroatoms. The van der Waals surface area contributed by atoms with E-state index in [1.165, 1.54) is 0 Å². The predicted molar refractivity (Wildman–Crippen MR) is 69.6 cm³/mol. The van der Waals surface area contributed by atoms with Gasteiger partial charge in [-0.15, -0.1) is 0 Å². The molecule has 19 heavy (non-hydrogen) atoms. The van der Waals surface area contributed by atoms with Gasteiger partial charge in [0.25, 0.3) is 5.56 Å². The Hall–Kier alpha value is -2.61. The van der Waals surface area contributed by atoms with Crippen LogP contribution in [0.1, 0.15) is 18.1 Å². The van der Waals surface area contributed by atoms with Crippen molar-refractivity contribution in [1.82, 2.24) is 4.98 Å². The van der Waals surface area contributed by atoms with Crippen LogP contribution in [-0.2, 0) is 16.0 Å². The highest BCUT2D eigenvalue weighted by Gasteiger charge is 2.09. The second-order valence-corrected chi connectivity index (χ2v) is 4.02. The molecule has 96 valence electrons. The maximum Gasteiger partial charge on any atom is 0.310 e. The van der Waals surface area contributed by atoms with Crippen molar-refractivity contribution in [2.24, 2.45) is 0 Å². The molecule has 0 aliphatic heterocycles. The number of ether oxygens (including phenoxy) is 1. The van der Waals surface area contributed by atoms with Crippen molar-refractivity contribution >= 4 is 16.9 Å². The zero-order chi connectivity index (χ0) is 13.8. The molecule has 0 aliphatic carbocycles. The van der Waals surface area contributed by atoms with Crippen molar-refractivity contribution in [3.05, 3.63) is 45.7 Å². The molecule has 1 N–H and O–H groups in total. The van der Waals surface area contributed by atoms with E-state index in [0.29, 0.717) is 16.6 Å². The number of aromatic nitrogens is 1. The number of nitrogens with zero attached hydrogens (tertiary/aromatic N) is 1. The predicted octanol–water partition coefficient (Wildman–Crippen LogP) is 1.51. The molecular formula is C14H12N2O3. The minimum absolute atomic E-state index is 0.0735. The molecule has 0 fully saturated rings. The monoisotopic (exact) mass is 256 g/mol. The van der Waals surface area contributed by atoms with Crippen LogP contribution in [0.5, 0.6) is 0 Å². The zero-order valence-electron chi connectivity index (χ0n) is 10.4. The molecule has 0 aliphatic rings. The van der Waals surface area contributed by atoms with E-state index in [-0.39, 0.29) is 18.6 Å². The SMILES string of the molecule is CCOC(=O)Cc1cc2cc(C#N)ccc2[nH]c1=O. The summed E-state index contributed by atoms with van der Waals surface area (Å²) in [6.45, 7) is 1.99. The first-order valence-corrected chi connectivity index (χ1v) is 5.85. The molecule has 0 unspecified atom stereocenters. The van der Waals surface area contributed by atoms with Gasteiger partial charge in [0, 0.05) is 11.1 Å². The number of nitrogens with one attached hydrogen (secondary N) is 1. The van der Waals surface area contributed by atoms with Crippen LogP contribution in [0.2, 0.25) is 0 Å². The third-order valence-corrected chi connectivity index (χ3v) is 2.69. The van der Waals surface area contributed by atoms with Crippen molar-refractivity contribution in [2.75, 3.05) is 6.61 Å². The minimum Gasteiger partial charge on any atom is -0.466 e. The van der Waals surface area contributed by atoms with Gasteiger partial charge in [-0.2, -0.15) is 5.26 Å². The van der Waals surface area contributed by atoms with E-state index in [1.807, 2.05) is 6.07 Å². The number of nitriles is 1. The van der Waals surface area contributed by atoms with Crippen LogP contribution in [-0.4, -0.2) is 17.6 Å². The minimum atomic E-state index is -0.441. The Balaban J connectivity index is 2.45. The van der Waals surface area contributed by atoms with Crippen LogP contribution < -0.4 is 5.56 Å². The molecule has 0 bridgehead atoms. The second kappa shape index (κ2) is 5.36. The summed E-state index contributed by atoms with van der Waals surface area (Å²) in [5.74, 6) is -0.441. The quantitative estimate of drug-likeness (QED) is 0.844. The summed E-state index contributed by atoms with van der Waals surface area (Å²) in [7, 11) is 0. The summed E-state index contributed by atoms with van der Waals surface area (Å²) < 4.78 is 4.81. The summed E-state index contributed by atoms with van der Waals surface area (Å²) in [4.78, 5) is 25.9. The van der Waals surface area contributed by atoms with Crippen LogP contribution in [0.4, 0.5) is 0 Å². The molecule has 0 amide bonds. The van der Waals surface area contributed by atoms with Crippen LogP contribution in [0, 0.1) is 11.3 Å². The lowest BCUT2D eigenvalue weighted by molar-refractivity contribution is -0.142. The first kappa shape index (κ1) is 12.8. The van der Waals surface area contributed by atoms with E-state index < -0.39 is 5.97 Å². The molecule has 5 nitrogen and oxygen atoms in total. The Bertz CT molecular complexity index is 726. The summed E-state index contributed by atoms with van der Waals surface area (Å²) in [6, 6.07) is 8.61. The van der Waals surface area contributed by atoms with Gasteiger partial charge < -0.3 is 9.72 Å². The zero-order valence-corrected chi connectivity index (χ0v) is 10.4. The van der Waals surface area contributed by atoms with E-state index in [4.69, 9.17) is 10.00 Å². The number of fused-ring (bicyclic) bond motifs is 1. The fourth-order valence-electron chi connectivity index (χ4n) is 1.82. The molecule has 1 aromatic carbocycles. The van der Waals surface area contributed by atoms with Crippen molar-refractivity contribution < 1.29 is 9.53 Å². The number of carbonyl (C=O) groups excluding carboxylic acids is 1. The summed E-state index contributed by atoms with van der Waals surface area (Å²) >= 11 is 0. The number of rotatable bonds is 3. The van der Waals surface area contributed by atoms with Crippen LogP contribution in [0.25, 0.3) is 10.9 Å². The number of esters is 1. The van der Waals surface area contributed by atoms with Gasteiger partial charge >= 0.3 is 5.97 Å². The Morgan fingerprint density at radius 2 is 2.21 bits per heavy atom. The number of hydrogen-bond donors (Lipinski definition) is 1. The summed E-state index contributed by atoms with van der Waals surface area (Å²) in [5.41, 5.74) is 1.16. The molecular weight excluding hydrogens is 244 g/mol. The average molecular weight is 256 g/mol. The highest BCUT2D eigenvalue weighted by Crippen LogP contribution is 2.13. The Morgan fingerprint density at radius 1 is 1.42 bits per heavy atom.